The number of ether oxygens (including phenoxy) is 2. The van der Waals surface area contributed by atoms with Gasteiger partial charge in [-0.15, -0.1) is 5.10 Å². The molecule has 1 unspecified atom stereocenters. The maximum absolute atomic E-state index is 5.89. The third-order valence-corrected chi connectivity index (χ3v) is 5.62. The zero-order chi connectivity index (χ0) is 18.5. The van der Waals surface area contributed by atoms with E-state index in [-0.39, 0.29) is 0 Å². The van der Waals surface area contributed by atoms with Crippen molar-refractivity contribution in [3.05, 3.63) is 35.7 Å². The molecule has 1 aromatic heterocycles. The van der Waals surface area contributed by atoms with E-state index in [1.807, 2.05) is 12.1 Å². The van der Waals surface area contributed by atoms with Crippen molar-refractivity contribution < 1.29 is 9.47 Å². The summed E-state index contributed by atoms with van der Waals surface area (Å²) in [5, 5.41) is 12.6. The number of hydrogen-bond acceptors (Lipinski definition) is 6. The lowest BCUT2D eigenvalue weighted by Crippen LogP contribution is -2.32. The lowest BCUT2D eigenvalue weighted by Gasteiger charge is -2.25. The van der Waals surface area contributed by atoms with Gasteiger partial charge in [-0.05, 0) is 53.8 Å². The molecule has 4 rings (SSSR count). The number of tetrazole rings is 1. The quantitative estimate of drug-likeness (QED) is 0.711. The summed E-state index contributed by atoms with van der Waals surface area (Å²) in [6.45, 7) is 3.33. The van der Waals surface area contributed by atoms with Crippen LogP contribution in [0.15, 0.2) is 24.3 Å². The number of hydrogen-bond donors (Lipinski definition) is 0. The summed E-state index contributed by atoms with van der Waals surface area (Å²) in [4.78, 5) is 2.40. The molecular weight excluding hydrogens is 342 g/mol. The Balaban J connectivity index is 1.50. The van der Waals surface area contributed by atoms with E-state index in [1.165, 1.54) is 31.2 Å². The second-order valence-corrected chi connectivity index (χ2v) is 7.63. The molecule has 1 aromatic carbocycles. The minimum Gasteiger partial charge on any atom is -0.497 e. The van der Waals surface area contributed by atoms with Crippen LogP contribution in [0.3, 0.4) is 0 Å². The average Bonchev–Trinajstić information content (AvgIpc) is 3.44. The Morgan fingerprint density at radius 2 is 2.07 bits per heavy atom. The molecule has 7 heteroatoms. The number of nitrogens with zero attached hydrogens (tertiary/aromatic N) is 5. The van der Waals surface area contributed by atoms with Crippen molar-refractivity contribution in [3.63, 3.8) is 0 Å². The van der Waals surface area contributed by atoms with Gasteiger partial charge in [-0.1, -0.05) is 25.0 Å². The number of aromatic nitrogens is 4. The fourth-order valence-electron chi connectivity index (χ4n) is 4.24. The summed E-state index contributed by atoms with van der Waals surface area (Å²) >= 11 is 0. The van der Waals surface area contributed by atoms with Crippen LogP contribution in [0.4, 0.5) is 0 Å². The van der Waals surface area contributed by atoms with E-state index >= 15 is 0 Å². The van der Waals surface area contributed by atoms with Crippen LogP contribution in [0.25, 0.3) is 0 Å². The molecular formula is C20H29N5O2. The van der Waals surface area contributed by atoms with Crippen LogP contribution >= 0.6 is 0 Å². The van der Waals surface area contributed by atoms with Crippen molar-refractivity contribution in [1.29, 1.82) is 0 Å². The number of methoxy groups -OCH3 is 1. The van der Waals surface area contributed by atoms with Gasteiger partial charge in [-0.25, -0.2) is 4.68 Å². The Morgan fingerprint density at radius 1 is 1.19 bits per heavy atom. The summed E-state index contributed by atoms with van der Waals surface area (Å²) in [5.41, 5.74) is 1.23. The summed E-state index contributed by atoms with van der Waals surface area (Å²) in [7, 11) is 1.71. The topological polar surface area (TPSA) is 65.3 Å². The van der Waals surface area contributed by atoms with Crippen LogP contribution in [-0.4, -0.2) is 51.5 Å². The zero-order valence-corrected chi connectivity index (χ0v) is 16.1. The van der Waals surface area contributed by atoms with E-state index in [9.17, 15) is 0 Å². The third-order valence-electron chi connectivity index (χ3n) is 5.62. The molecule has 1 saturated heterocycles. The van der Waals surface area contributed by atoms with Gasteiger partial charge in [0.1, 0.15) is 5.75 Å². The highest BCUT2D eigenvalue weighted by Crippen LogP contribution is 2.29. The lowest BCUT2D eigenvalue weighted by molar-refractivity contribution is 0.0662. The molecule has 1 atom stereocenters. The summed E-state index contributed by atoms with van der Waals surface area (Å²) in [6.07, 6.45) is 7.48. The maximum atomic E-state index is 5.89. The first-order valence-corrected chi connectivity index (χ1v) is 10.1. The van der Waals surface area contributed by atoms with E-state index in [0.717, 1.165) is 50.7 Å². The Labute approximate surface area is 160 Å². The highest BCUT2D eigenvalue weighted by Gasteiger charge is 2.25. The van der Waals surface area contributed by atoms with Crippen LogP contribution < -0.4 is 4.74 Å². The highest BCUT2D eigenvalue weighted by molar-refractivity contribution is 5.28. The Bertz CT molecular complexity index is 723. The minimum absolute atomic E-state index is 0.298. The normalized spacial score (nSPS) is 20.6. The largest absolute Gasteiger partial charge is 0.497 e. The third kappa shape index (κ3) is 4.65. The molecule has 2 aliphatic rings. The minimum atomic E-state index is 0.298. The van der Waals surface area contributed by atoms with Crippen molar-refractivity contribution in [2.75, 3.05) is 20.3 Å². The van der Waals surface area contributed by atoms with Gasteiger partial charge >= 0.3 is 0 Å². The van der Waals surface area contributed by atoms with Crippen LogP contribution in [-0.2, 0) is 17.8 Å². The SMILES string of the molecule is COc1cccc(CN(Cc2nnnn2C2CCCC2)CC2CCCO2)c1. The van der Waals surface area contributed by atoms with Crippen molar-refractivity contribution in [2.45, 2.75) is 63.8 Å². The predicted octanol–water partition coefficient (Wildman–Crippen LogP) is 2.98. The van der Waals surface area contributed by atoms with Gasteiger partial charge in [0, 0.05) is 19.7 Å². The van der Waals surface area contributed by atoms with Gasteiger partial charge < -0.3 is 9.47 Å². The molecule has 2 aromatic rings. The Kier molecular flexibility index (Phi) is 5.99. The monoisotopic (exact) mass is 371 g/mol. The lowest BCUT2D eigenvalue weighted by atomic mass is 10.1. The summed E-state index contributed by atoms with van der Waals surface area (Å²) < 4.78 is 13.3. The molecule has 0 N–H and O–H groups in total. The van der Waals surface area contributed by atoms with Gasteiger partial charge in [0.05, 0.1) is 25.8 Å². The summed E-state index contributed by atoms with van der Waals surface area (Å²) in [5.74, 6) is 1.85. The first-order chi connectivity index (χ1) is 13.3. The van der Waals surface area contributed by atoms with Gasteiger partial charge in [0.25, 0.3) is 0 Å². The zero-order valence-electron chi connectivity index (χ0n) is 16.1. The molecule has 1 aliphatic heterocycles. The van der Waals surface area contributed by atoms with E-state index in [1.54, 1.807) is 7.11 Å². The predicted molar refractivity (Wildman–Crippen MR) is 101 cm³/mol. The van der Waals surface area contributed by atoms with Gasteiger partial charge in [-0.2, -0.15) is 0 Å². The number of rotatable bonds is 8. The highest BCUT2D eigenvalue weighted by atomic mass is 16.5. The second kappa shape index (κ2) is 8.80. The molecule has 0 radical (unpaired) electrons. The molecule has 2 heterocycles. The first kappa shape index (κ1) is 18.4. The van der Waals surface area contributed by atoms with Crippen LogP contribution in [0.2, 0.25) is 0 Å². The van der Waals surface area contributed by atoms with Crippen molar-refractivity contribution in [1.82, 2.24) is 25.1 Å². The van der Waals surface area contributed by atoms with Crippen molar-refractivity contribution in [2.24, 2.45) is 0 Å². The van der Waals surface area contributed by atoms with E-state index < -0.39 is 0 Å². The average molecular weight is 371 g/mol. The first-order valence-electron chi connectivity index (χ1n) is 10.1. The van der Waals surface area contributed by atoms with Crippen molar-refractivity contribution >= 4 is 0 Å². The Morgan fingerprint density at radius 3 is 2.85 bits per heavy atom. The molecule has 0 bridgehead atoms. The standard InChI is InChI=1S/C20H29N5O2/c1-26-18-9-4-6-16(12-18)13-24(14-19-10-5-11-27-19)15-20-21-22-23-25(20)17-7-2-3-8-17/h4,6,9,12,17,19H,2-3,5,7-8,10-11,13-15H2,1H3. The molecule has 146 valence electrons. The van der Waals surface area contributed by atoms with Crippen molar-refractivity contribution in [3.8, 4) is 5.75 Å². The van der Waals surface area contributed by atoms with Crippen LogP contribution in [0, 0.1) is 0 Å². The molecule has 7 nitrogen and oxygen atoms in total. The van der Waals surface area contributed by atoms with E-state index in [4.69, 9.17) is 9.47 Å². The van der Waals surface area contributed by atoms with E-state index in [2.05, 4.69) is 37.2 Å². The molecule has 27 heavy (non-hydrogen) atoms. The van der Waals surface area contributed by atoms with Gasteiger partial charge in [0.15, 0.2) is 5.82 Å². The maximum Gasteiger partial charge on any atom is 0.165 e. The van der Waals surface area contributed by atoms with Gasteiger partial charge in [0.2, 0.25) is 0 Å². The Hall–Kier alpha value is -1.99. The molecule has 1 saturated carbocycles. The molecule has 2 fully saturated rings. The van der Waals surface area contributed by atoms with Crippen LogP contribution in [0.5, 0.6) is 5.75 Å². The van der Waals surface area contributed by atoms with E-state index in [0.29, 0.717) is 12.1 Å². The molecule has 0 spiro atoms. The molecule has 1 aliphatic carbocycles. The summed E-state index contributed by atoms with van der Waals surface area (Å²) in [6, 6.07) is 8.72. The van der Waals surface area contributed by atoms with Gasteiger partial charge in [-0.3, -0.25) is 4.90 Å². The number of benzene rings is 1. The molecule has 0 amide bonds. The second-order valence-electron chi connectivity index (χ2n) is 7.63. The fourth-order valence-corrected chi connectivity index (χ4v) is 4.24. The van der Waals surface area contributed by atoms with Crippen LogP contribution in [0.1, 0.15) is 56.0 Å². The smallest absolute Gasteiger partial charge is 0.165 e. The fraction of sp³-hybridized carbons (Fsp3) is 0.650.